The predicted octanol–water partition coefficient (Wildman–Crippen LogP) is 5.16. The van der Waals surface area contributed by atoms with Gasteiger partial charge >= 0.3 is 5.97 Å². The van der Waals surface area contributed by atoms with Gasteiger partial charge in [-0.3, -0.25) is 19.5 Å². The van der Waals surface area contributed by atoms with Crippen LogP contribution in [0.3, 0.4) is 0 Å². The van der Waals surface area contributed by atoms with Gasteiger partial charge in [0.1, 0.15) is 6.17 Å². The number of nitrogens with one attached hydrogen (secondary N) is 1. The molecular weight excluding hydrogens is 507 g/mol. The molecule has 0 amide bonds. The maximum Gasteiger partial charge on any atom is 0.307 e. The average Bonchev–Trinajstić information content (AvgIpc) is 2.90. The molecule has 0 aliphatic carbocycles. The third-order valence-corrected chi connectivity index (χ3v) is 7.58. The van der Waals surface area contributed by atoms with Crippen molar-refractivity contribution in [3.05, 3.63) is 87.6 Å². The van der Waals surface area contributed by atoms with Crippen molar-refractivity contribution in [3.63, 3.8) is 0 Å². The second-order valence-corrected chi connectivity index (χ2v) is 11.4. The zero-order chi connectivity index (χ0) is 28.8. The van der Waals surface area contributed by atoms with E-state index in [1.54, 1.807) is 16.8 Å². The van der Waals surface area contributed by atoms with Crippen LogP contribution in [0.25, 0.3) is 11.1 Å². The van der Waals surface area contributed by atoms with E-state index in [-0.39, 0.29) is 30.0 Å². The molecule has 7 nitrogen and oxygen atoms in total. The molecule has 1 aromatic carbocycles. The number of ether oxygens (including phenoxy) is 1. The van der Waals surface area contributed by atoms with E-state index >= 15 is 0 Å². The summed E-state index contributed by atoms with van der Waals surface area (Å²) in [6.07, 6.45) is 5.69. The number of benzene rings is 1. The lowest BCUT2D eigenvalue weighted by Crippen LogP contribution is -2.47. The van der Waals surface area contributed by atoms with Gasteiger partial charge < -0.3 is 14.6 Å². The summed E-state index contributed by atoms with van der Waals surface area (Å²) in [4.78, 5) is 32.0. The summed E-state index contributed by atoms with van der Waals surface area (Å²) >= 11 is 0. The Morgan fingerprint density at radius 3 is 2.52 bits per heavy atom. The first kappa shape index (κ1) is 29.6. The second kappa shape index (κ2) is 13.3. The number of hydrogen-bond acceptors (Lipinski definition) is 6. The van der Waals surface area contributed by atoms with E-state index in [1.807, 2.05) is 29.4 Å². The average molecular weight is 549 g/mol. The molecule has 2 atom stereocenters. The molecule has 0 spiro atoms. The van der Waals surface area contributed by atoms with Gasteiger partial charge in [0.05, 0.1) is 13.5 Å². The largest absolute Gasteiger partial charge is 0.469 e. The van der Waals surface area contributed by atoms with E-state index in [9.17, 15) is 14.0 Å². The Hall–Kier alpha value is -3.36. The quantitative estimate of drug-likeness (QED) is 0.315. The third kappa shape index (κ3) is 7.43. The van der Waals surface area contributed by atoms with Crippen molar-refractivity contribution in [2.24, 2.45) is 5.92 Å². The minimum absolute atomic E-state index is 0.0774. The number of nitrogens with zero attached hydrogens (tertiary/aromatic N) is 3. The summed E-state index contributed by atoms with van der Waals surface area (Å²) in [6, 6.07) is 11.2. The number of likely N-dealkylation sites (tertiary alicyclic amines) is 1. The molecule has 214 valence electrons. The van der Waals surface area contributed by atoms with Gasteiger partial charge in [-0.25, -0.2) is 4.39 Å². The molecule has 0 unspecified atom stereocenters. The number of pyridine rings is 2. The first-order chi connectivity index (χ1) is 19.1. The standard InChI is InChI=1S/C32H41FN4O3/c1-21(2)11-28(37-18-24(9-10-30(37)38)17-36-19-27(33)20-36)16-35-29(13-31(39)40-5)25-12-26(15-34-14-25)32-22(3)7-6-8-23(32)4/h6-10,12,14-15,18,21,27-29,35H,11,13,16-17,19-20H2,1-5H3/t28-,29-/m0/s1. The van der Waals surface area contributed by atoms with Crippen molar-refractivity contribution in [1.29, 1.82) is 0 Å². The first-order valence-corrected chi connectivity index (χ1v) is 14.0. The summed E-state index contributed by atoms with van der Waals surface area (Å²) < 4.78 is 20.1. The summed E-state index contributed by atoms with van der Waals surface area (Å²) in [5.74, 6) is 0.0216. The highest BCUT2D eigenvalue weighted by molar-refractivity contribution is 5.72. The lowest BCUT2D eigenvalue weighted by atomic mass is 9.94. The van der Waals surface area contributed by atoms with Gasteiger partial charge in [0.25, 0.3) is 5.56 Å². The van der Waals surface area contributed by atoms with Crippen LogP contribution in [0.4, 0.5) is 4.39 Å². The normalized spacial score (nSPS) is 15.6. The maximum absolute atomic E-state index is 13.3. The Labute approximate surface area is 236 Å². The highest BCUT2D eigenvalue weighted by Crippen LogP contribution is 2.30. The lowest BCUT2D eigenvalue weighted by Gasteiger charge is -2.34. The van der Waals surface area contributed by atoms with Crippen molar-refractivity contribution in [2.45, 2.75) is 65.3 Å². The summed E-state index contributed by atoms with van der Waals surface area (Å²) in [5.41, 5.74) is 6.24. The van der Waals surface area contributed by atoms with Crippen molar-refractivity contribution in [2.75, 3.05) is 26.7 Å². The summed E-state index contributed by atoms with van der Waals surface area (Å²) in [7, 11) is 1.39. The Balaban J connectivity index is 1.60. The van der Waals surface area contributed by atoms with Crippen LogP contribution in [0.5, 0.6) is 0 Å². The van der Waals surface area contributed by atoms with Crippen LogP contribution in [0.15, 0.2) is 59.8 Å². The smallest absolute Gasteiger partial charge is 0.307 e. The van der Waals surface area contributed by atoms with E-state index in [0.29, 0.717) is 32.1 Å². The van der Waals surface area contributed by atoms with E-state index in [2.05, 4.69) is 56.2 Å². The lowest BCUT2D eigenvalue weighted by molar-refractivity contribution is -0.141. The van der Waals surface area contributed by atoms with Gasteiger partial charge in [-0.2, -0.15) is 0 Å². The van der Waals surface area contributed by atoms with Crippen LogP contribution in [0, 0.1) is 19.8 Å². The minimum Gasteiger partial charge on any atom is -0.469 e. The molecular formula is C32H41FN4O3. The van der Waals surface area contributed by atoms with Crippen molar-refractivity contribution in [1.82, 2.24) is 19.8 Å². The molecule has 0 saturated carbocycles. The molecule has 40 heavy (non-hydrogen) atoms. The number of methoxy groups -OCH3 is 1. The number of esters is 1. The van der Waals surface area contributed by atoms with E-state index in [1.165, 1.54) is 7.11 Å². The number of aromatic nitrogens is 2. The van der Waals surface area contributed by atoms with Gasteiger partial charge in [0, 0.05) is 68.5 Å². The van der Waals surface area contributed by atoms with Gasteiger partial charge in [-0.05, 0) is 60.1 Å². The number of aryl methyl sites for hydroxylation is 2. The summed E-state index contributed by atoms with van der Waals surface area (Å²) in [6.45, 7) is 10.4. The van der Waals surface area contributed by atoms with Crippen LogP contribution in [-0.4, -0.2) is 53.3 Å². The minimum atomic E-state index is -0.766. The van der Waals surface area contributed by atoms with Gasteiger partial charge in [-0.1, -0.05) is 38.1 Å². The molecule has 2 aromatic heterocycles. The topological polar surface area (TPSA) is 76.5 Å². The molecule has 3 aromatic rings. The van der Waals surface area contributed by atoms with Gasteiger partial charge in [-0.15, -0.1) is 0 Å². The Morgan fingerprint density at radius 2 is 1.88 bits per heavy atom. The van der Waals surface area contributed by atoms with Gasteiger partial charge in [0.2, 0.25) is 0 Å². The van der Waals surface area contributed by atoms with E-state index in [4.69, 9.17) is 4.74 Å². The SMILES string of the molecule is COC(=O)C[C@H](NC[C@H](CC(C)C)n1cc(CN2CC(F)C2)ccc1=O)c1cncc(-c2c(C)cccc2C)c1. The Kier molecular flexibility index (Phi) is 9.87. The molecule has 8 heteroatoms. The Morgan fingerprint density at radius 1 is 1.15 bits per heavy atom. The fraction of sp³-hybridized carbons (Fsp3) is 0.469. The first-order valence-electron chi connectivity index (χ1n) is 14.0. The number of alkyl halides is 1. The van der Waals surface area contributed by atoms with Crippen LogP contribution in [0.2, 0.25) is 0 Å². The molecule has 1 fully saturated rings. The van der Waals surface area contributed by atoms with Crippen LogP contribution >= 0.6 is 0 Å². The predicted molar refractivity (Wildman–Crippen MR) is 156 cm³/mol. The number of rotatable bonds is 12. The number of carbonyl (C=O) groups is 1. The van der Waals surface area contributed by atoms with Crippen LogP contribution in [-0.2, 0) is 16.1 Å². The molecule has 0 bridgehead atoms. The molecule has 1 saturated heterocycles. The molecule has 1 aliphatic heterocycles. The number of hydrogen-bond donors (Lipinski definition) is 1. The molecule has 3 heterocycles. The van der Waals surface area contributed by atoms with Gasteiger partial charge in [0.15, 0.2) is 0 Å². The highest BCUT2D eigenvalue weighted by Gasteiger charge is 2.26. The Bertz CT molecular complexity index is 1350. The maximum atomic E-state index is 13.3. The third-order valence-electron chi connectivity index (χ3n) is 7.58. The zero-order valence-corrected chi connectivity index (χ0v) is 24.2. The fourth-order valence-corrected chi connectivity index (χ4v) is 5.55. The number of carbonyl (C=O) groups excluding carboxylic acids is 1. The van der Waals surface area contributed by atoms with Crippen molar-refractivity contribution in [3.8, 4) is 11.1 Å². The zero-order valence-electron chi connectivity index (χ0n) is 24.2. The number of halogens is 1. The molecule has 0 radical (unpaired) electrons. The van der Waals surface area contributed by atoms with Crippen molar-refractivity contribution >= 4 is 5.97 Å². The molecule has 1 N–H and O–H groups in total. The molecule has 1 aliphatic rings. The summed E-state index contributed by atoms with van der Waals surface area (Å²) in [5, 5.41) is 3.57. The van der Waals surface area contributed by atoms with Crippen molar-refractivity contribution < 1.29 is 13.9 Å². The monoisotopic (exact) mass is 548 g/mol. The highest BCUT2D eigenvalue weighted by atomic mass is 19.1. The van der Waals surface area contributed by atoms with Crippen LogP contribution < -0.4 is 10.9 Å². The second-order valence-electron chi connectivity index (χ2n) is 11.4. The molecule has 4 rings (SSSR count). The van der Waals surface area contributed by atoms with Crippen LogP contribution in [0.1, 0.15) is 61.0 Å². The fourth-order valence-electron chi connectivity index (χ4n) is 5.55. The van der Waals surface area contributed by atoms with E-state index < -0.39 is 6.17 Å². The van der Waals surface area contributed by atoms with E-state index in [0.717, 1.165) is 39.8 Å².